The summed E-state index contributed by atoms with van der Waals surface area (Å²) >= 11 is 6.03. The number of benzene rings is 2. The van der Waals surface area contributed by atoms with E-state index >= 15 is 0 Å². The first-order valence-corrected chi connectivity index (χ1v) is 14.6. The largest absolute Gasteiger partial charge is 0.375 e. The van der Waals surface area contributed by atoms with Gasteiger partial charge in [0, 0.05) is 56.8 Å². The maximum atomic E-state index is 13.6. The number of amides is 3. The van der Waals surface area contributed by atoms with Gasteiger partial charge in [-0.2, -0.15) is 0 Å². The molecular formula is C31H41ClN4O4. The van der Waals surface area contributed by atoms with Crippen molar-refractivity contribution in [1.82, 2.24) is 20.4 Å². The van der Waals surface area contributed by atoms with Gasteiger partial charge in [-0.3, -0.25) is 19.3 Å². The molecule has 2 fully saturated rings. The zero-order chi connectivity index (χ0) is 28.4. The molecule has 0 aromatic heterocycles. The third kappa shape index (κ3) is 8.29. The van der Waals surface area contributed by atoms with Crippen molar-refractivity contribution in [2.75, 3.05) is 46.4 Å². The first-order chi connectivity index (χ1) is 19.4. The molecule has 9 heteroatoms. The van der Waals surface area contributed by atoms with Crippen molar-refractivity contribution in [3.8, 4) is 0 Å². The smallest absolute Gasteiger partial charge is 0.246 e. The lowest BCUT2D eigenvalue weighted by Gasteiger charge is -2.50. The number of halogens is 1. The molecular weight excluding hydrogens is 528 g/mol. The van der Waals surface area contributed by atoms with E-state index in [4.69, 9.17) is 16.3 Å². The van der Waals surface area contributed by atoms with Crippen LogP contribution in [-0.2, 0) is 32.0 Å². The molecule has 40 heavy (non-hydrogen) atoms. The van der Waals surface area contributed by atoms with Crippen LogP contribution in [0.15, 0.2) is 54.6 Å². The monoisotopic (exact) mass is 568 g/mol. The van der Waals surface area contributed by atoms with Gasteiger partial charge in [0.2, 0.25) is 17.7 Å². The normalized spacial score (nSPS) is 18.1. The molecule has 8 nitrogen and oxygen atoms in total. The maximum absolute atomic E-state index is 13.6. The minimum Gasteiger partial charge on any atom is -0.375 e. The number of nitrogens with one attached hydrogen (secondary N) is 2. The van der Waals surface area contributed by atoms with E-state index in [9.17, 15) is 14.4 Å². The Morgan fingerprint density at radius 1 is 0.900 bits per heavy atom. The van der Waals surface area contributed by atoms with Gasteiger partial charge >= 0.3 is 0 Å². The predicted molar refractivity (Wildman–Crippen MR) is 156 cm³/mol. The Bertz CT molecular complexity index is 1110. The predicted octanol–water partition coefficient (Wildman–Crippen LogP) is 3.22. The van der Waals surface area contributed by atoms with Crippen LogP contribution in [0.4, 0.5) is 0 Å². The summed E-state index contributed by atoms with van der Waals surface area (Å²) in [5, 5.41) is 6.71. The number of hydrogen-bond donors (Lipinski definition) is 2. The van der Waals surface area contributed by atoms with E-state index in [-0.39, 0.29) is 29.9 Å². The molecule has 2 aromatic rings. The Hall–Kier alpha value is -2.94. The third-order valence-electron chi connectivity index (χ3n) is 8.13. The summed E-state index contributed by atoms with van der Waals surface area (Å²) in [5.74, 6) is -0.365. The number of carbonyl (C=O) groups is 3. The van der Waals surface area contributed by atoms with Crippen LogP contribution in [0.5, 0.6) is 0 Å². The Morgan fingerprint density at radius 2 is 1.57 bits per heavy atom. The summed E-state index contributed by atoms with van der Waals surface area (Å²) in [5.41, 5.74) is 1.84. The average molecular weight is 569 g/mol. The summed E-state index contributed by atoms with van der Waals surface area (Å²) in [4.78, 5) is 43.1. The number of carbonyl (C=O) groups excluding carboxylic acids is 3. The highest BCUT2D eigenvalue weighted by molar-refractivity contribution is 6.30. The molecule has 1 saturated carbocycles. The fourth-order valence-corrected chi connectivity index (χ4v) is 6.09. The van der Waals surface area contributed by atoms with Crippen LogP contribution in [0.2, 0.25) is 5.02 Å². The van der Waals surface area contributed by atoms with E-state index < -0.39 is 6.04 Å². The molecule has 2 aromatic carbocycles. The van der Waals surface area contributed by atoms with Gasteiger partial charge in [-0.1, -0.05) is 73.3 Å². The fourth-order valence-electron chi connectivity index (χ4n) is 5.97. The van der Waals surface area contributed by atoms with Crippen molar-refractivity contribution < 1.29 is 19.1 Å². The molecule has 1 saturated heterocycles. The van der Waals surface area contributed by atoms with Crippen LogP contribution in [-0.4, -0.2) is 85.5 Å². The fraction of sp³-hybridized carbons (Fsp3) is 0.516. The third-order valence-corrected chi connectivity index (χ3v) is 8.38. The van der Waals surface area contributed by atoms with Crippen LogP contribution in [0.3, 0.4) is 0 Å². The van der Waals surface area contributed by atoms with Gasteiger partial charge < -0.3 is 20.3 Å². The Labute approximate surface area is 242 Å². The second kappa shape index (κ2) is 14.6. The number of methoxy groups -OCH3 is 1. The second-order valence-corrected chi connectivity index (χ2v) is 11.4. The molecule has 2 N–H and O–H groups in total. The SMILES string of the molecule is COCC(=O)N[C@H](Cc1ccc(Cl)cc1)C(=O)N1CCN(C2(CNC(=O)Cc3ccccc3)CCCCC2)CC1. The van der Waals surface area contributed by atoms with E-state index in [1.165, 1.54) is 13.5 Å². The van der Waals surface area contributed by atoms with E-state index in [0.717, 1.165) is 49.9 Å². The molecule has 1 heterocycles. The van der Waals surface area contributed by atoms with Crippen LogP contribution in [0, 0.1) is 0 Å². The van der Waals surface area contributed by atoms with E-state index in [0.29, 0.717) is 37.5 Å². The summed E-state index contributed by atoms with van der Waals surface area (Å²) < 4.78 is 4.97. The molecule has 1 aliphatic heterocycles. The van der Waals surface area contributed by atoms with Crippen molar-refractivity contribution >= 4 is 29.3 Å². The first-order valence-electron chi connectivity index (χ1n) is 14.3. The molecule has 0 bridgehead atoms. The minimum absolute atomic E-state index is 0.0433. The highest BCUT2D eigenvalue weighted by atomic mass is 35.5. The Morgan fingerprint density at radius 3 is 2.23 bits per heavy atom. The van der Waals surface area contributed by atoms with Crippen molar-refractivity contribution in [1.29, 1.82) is 0 Å². The lowest BCUT2D eigenvalue weighted by molar-refractivity contribution is -0.139. The average Bonchev–Trinajstić information content (AvgIpc) is 2.98. The molecule has 0 radical (unpaired) electrons. The van der Waals surface area contributed by atoms with Crippen molar-refractivity contribution in [3.63, 3.8) is 0 Å². The number of piperazine rings is 1. The first kappa shape index (κ1) is 30.0. The van der Waals surface area contributed by atoms with Crippen LogP contribution >= 0.6 is 11.6 Å². The van der Waals surface area contributed by atoms with Gasteiger partial charge in [0.15, 0.2) is 0 Å². The zero-order valence-corrected chi connectivity index (χ0v) is 24.1. The summed E-state index contributed by atoms with van der Waals surface area (Å²) in [6.07, 6.45) is 6.33. The van der Waals surface area contributed by atoms with Gasteiger partial charge in [0.25, 0.3) is 0 Å². The molecule has 1 aliphatic carbocycles. The standard InChI is InChI=1S/C31H41ClN4O4/c1-40-22-29(38)34-27(20-25-10-12-26(32)13-11-25)30(39)35-16-18-36(19-17-35)31(14-6-3-7-15-31)23-33-28(37)21-24-8-4-2-5-9-24/h2,4-5,8-13,27H,3,6-7,14-23H2,1H3,(H,33,37)(H,34,38)/t27-/m1/s1. The van der Waals surface area contributed by atoms with Crippen molar-refractivity contribution in [2.24, 2.45) is 0 Å². The van der Waals surface area contributed by atoms with Gasteiger partial charge in [-0.05, 0) is 36.1 Å². The number of hydrogen-bond acceptors (Lipinski definition) is 5. The lowest BCUT2D eigenvalue weighted by atomic mass is 9.79. The topological polar surface area (TPSA) is 91.0 Å². The molecule has 4 rings (SSSR count). The molecule has 3 amide bonds. The van der Waals surface area contributed by atoms with Crippen LogP contribution in [0.1, 0.15) is 43.2 Å². The van der Waals surface area contributed by atoms with Crippen molar-refractivity contribution in [3.05, 3.63) is 70.7 Å². The molecule has 216 valence electrons. The van der Waals surface area contributed by atoms with E-state index in [1.54, 1.807) is 12.1 Å². The quantitative estimate of drug-likeness (QED) is 0.434. The van der Waals surface area contributed by atoms with Crippen molar-refractivity contribution in [2.45, 2.75) is 56.5 Å². The summed E-state index contributed by atoms with van der Waals surface area (Å²) in [6, 6.07) is 16.5. The minimum atomic E-state index is -0.684. The summed E-state index contributed by atoms with van der Waals surface area (Å²) in [7, 11) is 1.46. The van der Waals surface area contributed by atoms with Crippen LogP contribution < -0.4 is 10.6 Å². The van der Waals surface area contributed by atoms with Gasteiger partial charge in [0.1, 0.15) is 12.6 Å². The number of ether oxygens (including phenoxy) is 1. The summed E-state index contributed by atoms with van der Waals surface area (Å²) in [6.45, 7) is 3.15. The maximum Gasteiger partial charge on any atom is 0.246 e. The molecule has 0 spiro atoms. The molecule has 0 unspecified atom stereocenters. The molecule has 2 aliphatic rings. The van der Waals surface area contributed by atoms with Gasteiger partial charge in [0.05, 0.1) is 6.42 Å². The number of nitrogens with zero attached hydrogens (tertiary/aromatic N) is 2. The highest BCUT2D eigenvalue weighted by Crippen LogP contribution is 2.34. The van der Waals surface area contributed by atoms with Gasteiger partial charge in [-0.15, -0.1) is 0 Å². The Kier molecular flexibility index (Phi) is 11.0. The Balaban J connectivity index is 1.37. The van der Waals surface area contributed by atoms with E-state index in [2.05, 4.69) is 15.5 Å². The zero-order valence-electron chi connectivity index (χ0n) is 23.4. The second-order valence-electron chi connectivity index (χ2n) is 10.9. The lowest BCUT2D eigenvalue weighted by Crippen LogP contribution is -2.63. The highest BCUT2D eigenvalue weighted by Gasteiger charge is 2.40. The number of rotatable bonds is 11. The molecule has 1 atom stereocenters. The van der Waals surface area contributed by atoms with Crippen LogP contribution in [0.25, 0.3) is 0 Å². The van der Waals surface area contributed by atoms with E-state index in [1.807, 2.05) is 47.4 Å². The van der Waals surface area contributed by atoms with Gasteiger partial charge in [-0.25, -0.2) is 0 Å².